The van der Waals surface area contributed by atoms with E-state index in [2.05, 4.69) is 22.5 Å². The second kappa shape index (κ2) is 8.02. The first-order valence-corrected chi connectivity index (χ1v) is 7.24. The summed E-state index contributed by atoms with van der Waals surface area (Å²) >= 11 is 0. The Morgan fingerprint density at radius 2 is 2.11 bits per heavy atom. The molecule has 5 heteroatoms. The summed E-state index contributed by atoms with van der Waals surface area (Å²) in [5.41, 5.74) is 0. The van der Waals surface area contributed by atoms with Crippen LogP contribution in [0.5, 0.6) is 0 Å². The van der Waals surface area contributed by atoms with E-state index in [-0.39, 0.29) is 12.5 Å². The molecule has 0 aromatic carbocycles. The highest BCUT2D eigenvalue weighted by Crippen LogP contribution is 2.26. The third-order valence-electron chi connectivity index (χ3n) is 3.83. The van der Waals surface area contributed by atoms with Crippen LogP contribution < -0.4 is 10.6 Å². The van der Waals surface area contributed by atoms with Gasteiger partial charge < -0.3 is 15.5 Å². The van der Waals surface area contributed by atoms with E-state index in [0.29, 0.717) is 6.04 Å². The zero-order valence-corrected chi connectivity index (χ0v) is 12.7. The van der Waals surface area contributed by atoms with Gasteiger partial charge in [0, 0.05) is 27.2 Å². The molecular weight excluding hydrogens is 240 g/mol. The Hall–Kier alpha value is -1.26. The van der Waals surface area contributed by atoms with Crippen molar-refractivity contribution in [2.75, 3.05) is 27.7 Å². The number of hydrogen-bond acceptors (Lipinski definition) is 2. The highest BCUT2D eigenvalue weighted by molar-refractivity contribution is 5.86. The first-order valence-electron chi connectivity index (χ1n) is 7.24. The van der Waals surface area contributed by atoms with Crippen LogP contribution >= 0.6 is 0 Å². The lowest BCUT2D eigenvalue weighted by Gasteiger charge is -2.30. The van der Waals surface area contributed by atoms with E-state index < -0.39 is 0 Å². The lowest BCUT2D eigenvalue weighted by atomic mass is 9.84. The second-order valence-corrected chi connectivity index (χ2v) is 5.50. The van der Waals surface area contributed by atoms with Crippen LogP contribution in [0.1, 0.15) is 39.0 Å². The summed E-state index contributed by atoms with van der Waals surface area (Å²) in [4.78, 5) is 17.3. The average Bonchev–Trinajstić information content (AvgIpc) is 2.43. The van der Waals surface area contributed by atoms with Gasteiger partial charge in [0.25, 0.3) is 0 Å². The largest absolute Gasteiger partial charge is 0.354 e. The minimum absolute atomic E-state index is 0.0537. The Morgan fingerprint density at radius 1 is 1.37 bits per heavy atom. The van der Waals surface area contributed by atoms with Crippen LogP contribution in [0.4, 0.5) is 0 Å². The van der Waals surface area contributed by atoms with Gasteiger partial charge in [0.05, 0.1) is 6.54 Å². The predicted octanol–water partition coefficient (Wildman–Crippen LogP) is 1.21. The van der Waals surface area contributed by atoms with Crippen molar-refractivity contribution in [3.63, 3.8) is 0 Å². The summed E-state index contributed by atoms with van der Waals surface area (Å²) in [6.07, 6.45) is 6.28. The van der Waals surface area contributed by atoms with E-state index in [4.69, 9.17) is 0 Å². The van der Waals surface area contributed by atoms with Crippen LogP contribution in [-0.2, 0) is 4.79 Å². The summed E-state index contributed by atoms with van der Waals surface area (Å²) in [5.74, 6) is 1.61. The molecule has 0 aromatic rings. The number of nitrogens with one attached hydrogen (secondary N) is 2. The van der Waals surface area contributed by atoms with E-state index in [1.54, 1.807) is 26.0 Å². The van der Waals surface area contributed by atoms with Crippen molar-refractivity contribution in [1.29, 1.82) is 0 Å². The van der Waals surface area contributed by atoms with Gasteiger partial charge in [-0.2, -0.15) is 0 Å². The van der Waals surface area contributed by atoms with E-state index in [9.17, 15) is 4.79 Å². The monoisotopic (exact) mass is 268 g/mol. The lowest BCUT2D eigenvalue weighted by molar-refractivity contribution is -0.127. The average molecular weight is 268 g/mol. The molecule has 5 nitrogen and oxygen atoms in total. The normalized spacial score (nSPS) is 23.9. The highest BCUT2D eigenvalue weighted by Gasteiger charge is 2.21. The van der Waals surface area contributed by atoms with Gasteiger partial charge in [0.2, 0.25) is 5.91 Å². The van der Waals surface area contributed by atoms with Gasteiger partial charge in [0.15, 0.2) is 5.96 Å². The Morgan fingerprint density at radius 3 is 2.68 bits per heavy atom. The molecule has 0 bridgehead atoms. The van der Waals surface area contributed by atoms with Crippen molar-refractivity contribution >= 4 is 11.9 Å². The van der Waals surface area contributed by atoms with Crippen molar-refractivity contribution in [3.05, 3.63) is 0 Å². The van der Waals surface area contributed by atoms with Gasteiger partial charge in [-0.15, -0.1) is 0 Å². The molecule has 1 aliphatic carbocycles. The van der Waals surface area contributed by atoms with E-state index in [1.807, 2.05) is 0 Å². The van der Waals surface area contributed by atoms with Crippen LogP contribution in [0, 0.1) is 5.92 Å². The first kappa shape index (κ1) is 15.8. The molecule has 0 aliphatic heterocycles. The van der Waals surface area contributed by atoms with E-state index in [0.717, 1.165) is 11.9 Å². The summed E-state index contributed by atoms with van der Waals surface area (Å²) in [6.45, 7) is 2.55. The molecule has 0 heterocycles. The molecule has 1 rings (SSSR count). The third kappa shape index (κ3) is 5.49. The van der Waals surface area contributed by atoms with Gasteiger partial charge in [0.1, 0.15) is 0 Å². The highest BCUT2D eigenvalue weighted by atomic mass is 16.2. The first-order chi connectivity index (χ1) is 9.06. The number of amides is 1. The molecule has 2 atom stereocenters. The quantitative estimate of drug-likeness (QED) is 0.595. The molecule has 2 unspecified atom stereocenters. The second-order valence-electron chi connectivity index (χ2n) is 5.50. The summed E-state index contributed by atoms with van der Waals surface area (Å²) < 4.78 is 0. The fourth-order valence-electron chi connectivity index (χ4n) is 2.50. The number of carbonyl (C=O) groups is 1. The maximum Gasteiger partial charge on any atom is 0.241 e. The zero-order valence-electron chi connectivity index (χ0n) is 12.7. The number of nitrogens with zero attached hydrogens (tertiary/aromatic N) is 2. The minimum atomic E-state index is 0.0537. The lowest BCUT2D eigenvalue weighted by Crippen LogP contribution is -2.47. The molecule has 19 heavy (non-hydrogen) atoms. The summed E-state index contributed by atoms with van der Waals surface area (Å²) in [7, 11) is 5.26. The van der Waals surface area contributed by atoms with Crippen molar-refractivity contribution in [2.45, 2.75) is 45.1 Å². The SMILES string of the molecule is CCC1CCCC(NC(=NC)NCC(=O)N(C)C)C1. The number of rotatable bonds is 4. The third-order valence-corrected chi connectivity index (χ3v) is 3.83. The number of carbonyl (C=O) groups excluding carboxylic acids is 1. The van der Waals surface area contributed by atoms with Crippen molar-refractivity contribution in [3.8, 4) is 0 Å². The van der Waals surface area contributed by atoms with Crippen molar-refractivity contribution in [1.82, 2.24) is 15.5 Å². The van der Waals surface area contributed by atoms with Gasteiger partial charge in [-0.1, -0.05) is 26.2 Å². The Kier molecular flexibility index (Phi) is 6.67. The Labute approximate surface area is 116 Å². The van der Waals surface area contributed by atoms with Gasteiger partial charge in [-0.3, -0.25) is 9.79 Å². The van der Waals surface area contributed by atoms with Crippen LogP contribution in [0.3, 0.4) is 0 Å². The summed E-state index contributed by atoms with van der Waals surface area (Å²) in [5, 5.41) is 6.51. The molecule has 1 fully saturated rings. The van der Waals surface area contributed by atoms with E-state index >= 15 is 0 Å². The molecule has 1 amide bonds. The molecule has 0 aromatic heterocycles. The molecule has 2 N–H and O–H groups in total. The molecule has 1 aliphatic rings. The topological polar surface area (TPSA) is 56.7 Å². The number of aliphatic imine (C=N–C) groups is 1. The number of hydrogen-bond donors (Lipinski definition) is 2. The molecule has 110 valence electrons. The smallest absolute Gasteiger partial charge is 0.241 e. The molecular formula is C14H28N4O. The maximum atomic E-state index is 11.5. The maximum absolute atomic E-state index is 11.5. The van der Waals surface area contributed by atoms with E-state index in [1.165, 1.54) is 32.1 Å². The Balaban J connectivity index is 2.38. The van der Waals surface area contributed by atoms with Crippen LogP contribution in [0.15, 0.2) is 4.99 Å². The minimum Gasteiger partial charge on any atom is -0.354 e. The molecule has 0 radical (unpaired) electrons. The van der Waals surface area contributed by atoms with Crippen LogP contribution in [-0.4, -0.2) is 50.5 Å². The van der Waals surface area contributed by atoms with Crippen molar-refractivity contribution < 1.29 is 4.79 Å². The fourth-order valence-corrected chi connectivity index (χ4v) is 2.50. The number of likely N-dealkylation sites (N-methyl/N-ethyl adjacent to an activating group) is 1. The van der Waals surface area contributed by atoms with Crippen LogP contribution in [0.2, 0.25) is 0 Å². The van der Waals surface area contributed by atoms with Gasteiger partial charge >= 0.3 is 0 Å². The predicted molar refractivity (Wildman–Crippen MR) is 79.2 cm³/mol. The Bertz CT molecular complexity index is 315. The molecule has 0 spiro atoms. The van der Waals surface area contributed by atoms with Gasteiger partial charge in [-0.05, 0) is 18.8 Å². The van der Waals surface area contributed by atoms with Crippen molar-refractivity contribution in [2.24, 2.45) is 10.9 Å². The fraction of sp³-hybridized carbons (Fsp3) is 0.857. The summed E-state index contributed by atoms with van der Waals surface area (Å²) in [6, 6.07) is 0.486. The zero-order chi connectivity index (χ0) is 14.3. The molecule has 1 saturated carbocycles. The standard InChI is InChI=1S/C14H28N4O/c1-5-11-7-6-8-12(9-11)17-14(15-2)16-10-13(19)18(3)4/h11-12H,5-10H2,1-4H3,(H2,15,16,17). The molecule has 0 saturated heterocycles. The number of guanidine groups is 1. The van der Waals surface area contributed by atoms with Crippen LogP contribution in [0.25, 0.3) is 0 Å². The van der Waals surface area contributed by atoms with Gasteiger partial charge in [-0.25, -0.2) is 0 Å².